The molecule has 0 aliphatic rings. The number of nitrogens with one attached hydrogen (secondary N) is 2. The number of benzene rings is 2. The van der Waals surface area contributed by atoms with Gasteiger partial charge in [-0.1, -0.05) is 41.9 Å². The summed E-state index contributed by atoms with van der Waals surface area (Å²) in [6, 6.07) is 17.9. The zero-order valence-corrected chi connectivity index (χ0v) is 18.0. The number of carbonyl (C=O) groups is 1. The Morgan fingerprint density at radius 2 is 1.94 bits per heavy atom. The molecule has 9 heteroatoms. The topological polar surface area (TPSA) is 119 Å². The number of H-pyrrole nitrogens is 1. The van der Waals surface area contributed by atoms with E-state index < -0.39 is 0 Å². The van der Waals surface area contributed by atoms with Gasteiger partial charge in [0.1, 0.15) is 0 Å². The van der Waals surface area contributed by atoms with Gasteiger partial charge in [0.2, 0.25) is 0 Å². The fraction of sp³-hybridized carbons (Fsp3) is 0.217. The number of nitrogens with two attached hydrogens (primary N) is 1. The van der Waals surface area contributed by atoms with E-state index in [0.29, 0.717) is 41.1 Å². The molecule has 0 aliphatic heterocycles. The van der Waals surface area contributed by atoms with Crippen LogP contribution in [-0.2, 0) is 6.54 Å². The maximum absolute atomic E-state index is 12.6. The standard InChI is InChI=1S/C23H23ClN6O2/c24-18-8-4-7-17(13-18)15(9-11-25)10-12-30-20(31)14-19-21(29-30)22(28-27-19)26-23(32)16-5-2-1-3-6-16/h1-8,13-15,27H,9-12,25H2,(H,26,28,32). The van der Waals surface area contributed by atoms with Crippen LogP contribution in [-0.4, -0.2) is 32.4 Å². The number of aromatic nitrogens is 4. The number of hydrogen-bond acceptors (Lipinski definition) is 5. The van der Waals surface area contributed by atoms with Crippen molar-refractivity contribution in [2.75, 3.05) is 11.9 Å². The average Bonchev–Trinajstić information content (AvgIpc) is 3.18. The first kappa shape index (κ1) is 21.7. The number of aromatic amines is 1. The van der Waals surface area contributed by atoms with Gasteiger partial charge in [-0.2, -0.15) is 10.2 Å². The van der Waals surface area contributed by atoms with Gasteiger partial charge < -0.3 is 11.1 Å². The molecule has 0 bridgehead atoms. The SMILES string of the molecule is NCCC(CCn1nc2c(NC(=O)c3ccccc3)n[nH]c2cc1=O)c1cccc(Cl)c1. The minimum atomic E-state index is -0.303. The molecule has 0 aliphatic carbocycles. The van der Waals surface area contributed by atoms with Crippen LogP contribution >= 0.6 is 11.6 Å². The van der Waals surface area contributed by atoms with Crippen LogP contribution < -0.4 is 16.6 Å². The summed E-state index contributed by atoms with van der Waals surface area (Å²) >= 11 is 6.14. The van der Waals surface area contributed by atoms with E-state index in [1.54, 1.807) is 24.3 Å². The monoisotopic (exact) mass is 450 g/mol. The predicted molar refractivity (Wildman–Crippen MR) is 125 cm³/mol. The number of carbonyl (C=O) groups excluding carboxylic acids is 1. The van der Waals surface area contributed by atoms with Gasteiger partial charge in [0.25, 0.3) is 11.5 Å². The van der Waals surface area contributed by atoms with Crippen LogP contribution in [0.4, 0.5) is 5.82 Å². The number of hydrogen-bond donors (Lipinski definition) is 3. The van der Waals surface area contributed by atoms with Gasteiger partial charge in [0.15, 0.2) is 11.3 Å². The Morgan fingerprint density at radius 3 is 2.69 bits per heavy atom. The average molecular weight is 451 g/mol. The van der Waals surface area contributed by atoms with Crippen LogP contribution in [0, 0.1) is 0 Å². The Bertz CT molecular complexity index is 1280. The number of nitrogens with zero attached hydrogens (tertiary/aromatic N) is 3. The zero-order chi connectivity index (χ0) is 22.5. The molecule has 1 unspecified atom stereocenters. The molecule has 2 heterocycles. The first-order chi connectivity index (χ1) is 15.5. The van der Waals surface area contributed by atoms with Gasteiger partial charge in [0.05, 0.1) is 5.52 Å². The molecule has 8 nitrogen and oxygen atoms in total. The van der Waals surface area contributed by atoms with Crippen molar-refractivity contribution >= 4 is 34.4 Å². The summed E-state index contributed by atoms with van der Waals surface area (Å²) in [4.78, 5) is 25.1. The summed E-state index contributed by atoms with van der Waals surface area (Å²) in [6.45, 7) is 0.916. The third-order valence-electron chi connectivity index (χ3n) is 5.30. The number of fused-ring (bicyclic) bond motifs is 1. The van der Waals surface area contributed by atoms with Crippen molar-refractivity contribution < 1.29 is 4.79 Å². The van der Waals surface area contributed by atoms with Crippen molar-refractivity contribution in [3.63, 3.8) is 0 Å². The van der Waals surface area contributed by atoms with Crippen molar-refractivity contribution in [1.82, 2.24) is 20.0 Å². The number of anilines is 1. The van der Waals surface area contributed by atoms with Crippen molar-refractivity contribution in [1.29, 1.82) is 0 Å². The third-order valence-corrected chi connectivity index (χ3v) is 5.54. The van der Waals surface area contributed by atoms with Crippen LogP contribution in [0.2, 0.25) is 5.02 Å². The van der Waals surface area contributed by atoms with E-state index >= 15 is 0 Å². The molecule has 164 valence electrons. The number of rotatable bonds is 8. The van der Waals surface area contributed by atoms with Crippen LogP contribution in [0.1, 0.15) is 34.7 Å². The molecule has 0 spiro atoms. The fourth-order valence-corrected chi connectivity index (χ4v) is 3.85. The largest absolute Gasteiger partial charge is 0.330 e. The quantitative estimate of drug-likeness (QED) is 0.379. The molecule has 0 saturated carbocycles. The first-order valence-corrected chi connectivity index (χ1v) is 10.7. The molecule has 4 aromatic rings. The fourth-order valence-electron chi connectivity index (χ4n) is 3.65. The number of halogens is 1. The molecule has 2 aromatic heterocycles. The van der Waals surface area contributed by atoms with E-state index in [0.717, 1.165) is 12.0 Å². The predicted octanol–water partition coefficient (Wildman–Crippen LogP) is 3.55. The Balaban J connectivity index is 1.56. The van der Waals surface area contributed by atoms with Crippen molar-refractivity contribution in [2.24, 2.45) is 5.73 Å². The van der Waals surface area contributed by atoms with E-state index in [1.165, 1.54) is 10.7 Å². The molecule has 0 saturated heterocycles. The maximum atomic E-state index is 12.6. The van der Waals surface area contributed by atoms with Crippen LogP contribution in [0.3, 0.4) is 0 Å². The van der Waals surface area contributed by atoms with E-state index in [2.05, 4.69) is 20.6 Å². The lowest BCUT2D eigenvalue weighted by Gasteiger charge is -2.17. The highest BCUT2D eigenvalue weighted by atomic mass is 35.5. The summed E-state index contributed by atoms with van der Waals surface area (Å²) < 4.78 is 1.39. The van der Waals surface area contributed by atoms with Gasteiger partial charge >= 0.3 is 0 Å². The molecule has 1 amide bonds. The lowest BCUT2D eigenvalue weighted by atomic mass is 9.92. The molecule has 2 aromatic carbocycles. The van der Waals surface area contributed by atoms with Crippen LogP contribution in [0.15, 0.2) is 65.5 Å². The Morgan fingerprint density at radius 1 is 1.12 bits per heavy atom. The van der Waals surface area contributed by atoms with Gasteiger partial charge in [-0.15, -0.1) is 0 Å². The lowest BCUT2D eigenvalue weighted by molar-refractivity contribution is 0.102. The summed E-state index contributed by atoms with van der Waals surface area (Å²) in [6.07, 6.45) is 1.43. The number of aryl methyl sites for hydroxylation is 1. The van der Waals surface area contributed by atoms with Gasteiger partial charge in [-0.3, -0.25) is 14.7 Å². The second-order valence-electron chi connectivity index (χ2n) is 7.48. The first-order valence-electron chi connectivity index (χ1n) is 10.3. The van der Waals surface area contributed by atoms with Crippen molar-refractivity contribution in [2.45, 2.75) is 25.3 Å². The maximum Gasteiger partial charge on any atom is 0.268 e. The van der Waals surface area contributed by atoms with Gasteiger partial charge in [-0.25, -0.2) is 4.68 Å². The van der Waals surface area contributed by atoms with E-state index in [1.807, 2.05) is 30.3 Å². The summed E-state index contributed by atoms with van der Waals surface area (Å²) in [5.41, 5.74) is 8.03. The van der Waals surface area contributed by atoms with Crippen molar-refractivity contribution in [3.05, 3.63) is 87.2 Å². The van der Waals surface area contributed by atoms with E-state index in [4.69, 9.17) is 17.3 Å². The molecule has 1 atom stereocenters. The summed E-state index contributed by atoms with van der Waals surface area (Å²) in [5.74, 6) is 0.114. The molecule has 32 heavy (non-hydrogen) atoms. The molecule has 4 N–H and O–H groups in total. The number of amides is 1. The molecular formula is C23H23ClN6O2. The van der Waals surface area contributed by atoms with Crippen LogP contribution in [0.25, 0.3) is 11.0 Å². The molecular weight excluding hydrogens is 428 g/mol. The Hall–Kier alpha value is -3.49. The van der Waals surface area contributed by atoms with Gasteiger partial charge in [0, 0.05) is 23.2 Å². The van der Waals surface area contributed by atoms with E-state index in [-0.39, 0.29) is 23.2 Å². The normalized spacial score (nSPS) is 12.1. The smallest absolute Gasteiger partial charge is 0.268 e. The summed E-state index contributed by atoms with van der Waals surface area (Å²) in [5, 5.41) is 14.8. The van der Waals surface area contributed by atoms with Crippen molar-refractivity contribution in [3.8, 4) is 0 Å². The minimum absolute atomic E-state index is 0.143. The highest BCUT2D eigenvalue weighted by Gasteiger charge is 2.16. The third kappa shape index (κ3) is 4.87. The zero-order valence-electron chi connectivity index (χ0n) is 17.3. The Kier molecular flexibility index (Phi) is 6.63. The second kappa shape index (κ2) is 9.76. The van der Waals surface area contributed by atoms with E-state index in [9.17, 15) is 9.59 Å². The highest BCUT2D eigenvalue weighted by Crippen LogP contribution is 2.26. The Labute approximate surface area is 189 Å². The van der Waals surface area contributed by atoms with Crippen LogP contribution in [0.5, 0.6) is 0 Å². The second-order valence-corrected chi connectivity index (χ2v) is 7.91. The highest BCUT2D eigenvalue weighted by molar-refractivity contribution is 6.30. The summed E-state index contributed by atoms with van der Waals surface area (Å²) in [7, 11) is 0. The minimum Gasteiger partial charge on any atom is -0.330 e. The lowest BCUT2D eigenvalue weighted by Crippen LogP contribution is -2.23. The molecule has 0 fully saturated rings. The van der Waals surface area contributed by atoms with Gasteiger partial charge in [-0.05, 0) is 55.1 Å². The molecule has 4 rings (SSSR count). The molecule has 0 radical (unpaired) electrons.